The minimum absolute atomic E-state index is 0.331. The second kappa shape index (κ2) is 6.55. The molecule has 0 aliphatic carbocycles. The van der Waals surface area contributed by atoms with E-state index in [2.05, 4.69) is 15.9 Å². The van der Waals surface area contributed by atoms with Crippen molar-refractivity contribution in [3.8, 4) is 5.75 Å². The molecule has 2 aromatic carbocycles. The highest BCUT2D eigenvalue weighted by atomic mass is 79.9. The molecule has 106 valence electrons. The third-order valence-corrected chi connectivity index (χ3v) is 3.96. The van der Waals surface area contributed by atoms with Gasteiger partial charge < -0.3 is 4.74 Å². The summed E-state index contributed by atoms with van der Waals surface area (Å²) < 4.78 is 32.0. The summed E-state index contributed by atoms with van der Waals surface area (Å²) in [5, 5.41) is -0.331. The summed E-state index contributed by atoms with van der Waals surface area (Å²) in [6, 6.07) is 9.32. The zero-order valence-electron chi connectivity index (χ0n) is 10.7. The number of hydrogen-bond acceptors (Lipinski definition) is 1. The maximum absolute atomic E-state index is 13.2. The summed E-state index contributed by atoms with van der Waals surface area (Å²) in [6.07, 6.45) is 0.414. The first-order valence-corrected chi connectivity index (χ1v) is 7.15. The molecule has 2 rings (SSSR count). The minimum atomic E-state index is -0.859. The van der Waals surface area contributed by atoms with E-state index < -0.39 is 11.6 Å². The van der Waals surface area contributed by atoms with Crippen molar-refractivity contribution in [1.82, 2.24) is 0 Å². The van der Waals surface area contributed by atoms with E-state index in [0.717, 1.165) is 16.1 Å². The quantitative estimate of drug-likeness (QED) is 0.675. The Morgan fingerprint density at radius 3 is 2.50 bits per heavy atom. The summed E-state index contributed by atoms with van der Waals surface area (Å²) in [7, 11) is 1.58. The number of methoxy groups -OCH3 is 1. The first-order chi connectivity index (χ1) is 9.51. The highest BCUT2D eigenvalue weighted by Gasteiger charge is 2.12. The van der Waals surface area contributed by atoms with Gasteiger partial charge >= 0.3 is 0 Å². The van der Waals surface area contributed by atoms with E-state index in [1.807, 2.05) is 12.1 Å². The molecule has 0 saturated heterocycles. The molecule has 0 amide bonds. The highest BCUT2D eigenvalue weighted by Crippen LogP contribution is 2.32. The van der Waals surface area contributed by atoms with Gasteiger partial charge in [-0.05, 0) is 57.7 Å². The van der Waals surface area contributed by atoms with Gasteiger partial charge in [0.25, 0.3) is 0 Å². The fourth-order valence-electron chi connectivity index (χ4n) is 1.87. The lowest BCUT2D eigenvalue weighted by molar-refractivity contribution is 0.412. The molecule has 5 heteroatoms. The molecule has 0 spiro atoms. The Hall–Kier alpha value is -1.13. The molecule has 2 aromatic rings. The van der Waals surface area contributed by atoms with E-state index in [4.69, 9.17) is 16.3 Å². The van der Waals surface area contributed by atoms with Gasteiger partial charge in [0.15, 0.2) is 11.6 Å². The zero-order chi connectivity index (χ0) is 14.7. The van der Waals surface area contributed by atoms with E-state index in [0.29, 0.717) is 17.7 Å². The van der Waals surface area contributed by atoms with Crippen LogP contribution in [-0.2, 0) is 6.42 Å². The normalized spacial score (nSPS) is 12.2. The van der Waals surface area contributed by atoms with E-state index in [1.54, 1.807) is 13.2 Å². The number of ether oxygens (including phenoxy) is 1. The Morgan fingerprint density at radius 2 is 1.90 bits per heavy atom. The summed E-state index contributed by atoms with van der Waals surface area (Å²) >= 11 is 9.71. The summed E-state index contributed by atoms with van der Waals surface area (Å²) in [4.78, 5) is 0. The lowest BCUT2D eigenvalue weighted by Crippen LogP contribution is -1.98. The standard InChI is InChI=1S/C15H12BrClF2O/c1-20-15-5-3-10(8-11(15)16)12(17)6-9-2-4-13(18)14(19)7-9/h2-5,7-8,12H,6H2,1H3. The largest absolute Gasteiger partial charge is 0.496 e. The van der Waals surface area contributed by atoms with E-state index in [1.165, 1.54) is 12.1 Å². The molecular formula is C15H12BrClF2O. The van der Waals surface area contributed by atoms with Crippen molar-refractivity contribution >= 4 is 27.5 Å². The fraction of sp³-hybridized carbons (Fsp3) is 0.200. The van der Waals surface area contributed by atoms with Crippen LogP contribution in [0, 0.1) is 11.6 Å². The Balaban J connectivity index is 2.17. The Kier molecular flexibility index (Phi) is 5.00. The van der Waals surface area contributed by atoms with Gasteiger partial charge in [-0.25, -0.2) is 8.78 Å². The topological polar surface area (TPSA) is 9.23 Å². The van der Waals surface area contributed by atoms with Gasteiger partial charge in [0.1, 0.15) is 5.75 Å². The Bertz CT molecular complexity index is 619. The first-order valence-electron chi connectivity index (χ1n) is 5.92. The second-order valence-corrected chi connectivity index (χ2v) is 5.70. The molecule has 1 unspecified atom stereocenters. The van der Waals surface area contributed by atoms with Crippen LogP contribution in [0.15, 0.2) is 40.9 Å². The van der Waals surface area contributed by atoms with Crippen molar-refractivity contribution in [2.75, 3.05) is 7.11 Å². The maximum atomic E-state index is 13.2. The van der Waals surface area contributed by atoms with Crippen molar-refractivity contribution in [2.45, 2.75) is 11.8 Å². The van der Waals surface area contributed by atoms with Gasteiger partial charge in [0.2, 0.25) is 0 Å². The van der Waals surface area contributed by atoms with Crippen LogP contribution in [0.1, 0.15) is 16.5 Å². The van der Waals surface area contributed by atoms with Crippen LogP contribution in [0.5, 0.6) is 5.75 Å². The molecule has 0 aliphatic rings. The van der Waals surface area contributed by atoms with Crippen LogP contribution in [0.2, 0.25) is 0 Å². The molecule has 0 fully saturated rings. The third kappa shape index (κ3) is 3.49. The molecule has 0 aliphatic heterocycles. The highest BCUT2D eigenvalue weighted by molar-refractivity contribution is 9.10. The van der Waals surface area contributed by atoms with Crippen molar-refractivity contribution in [1.29, 1.82) is 0 Å². The van der Waals surface area contributed by atoms with Crippen molar-refractivity contribution in [2.24, 2.45) is 0 Å². The lowest BCUT2D eigenvalue weighted by Gasteiger charge is -2.12. The summed E-state index contributed by atoms with van der Waals surface area (Å²) in [5.41, 5.74) is 1.53. The number of hydrogen-bond donors (Lipinski definition) is 0. The van der Waals surface area contributed by atoms with Crippen LogP contribution in [-0.4, -0.2) is 7.11 Å². The van der Waals surface area contributed by atoms with E-state index >= 15 is 0 Å². The molecule has 0 saturated carbocycles. The number of alkyl halides is 1. The van der Waals surface area contributed by atoms with Crippen molar-refractivity contribution in [3.05, 3.63) is 63.6 Å². The maximum Gasteiger partial charge on any atom is 0.159 e. The Labute approximate surface area is 129 Å². The lowest BCUT2D eigenvalue weighted by atomic mass is 10.0. The molecule has 1 atom stereocenters. The number of benzene rings is 2. The monoisotopic (exact) mass is 360 g/mol. The van der Waals surface area contributed by atoms with Crippen molar-refractivity contribution < 1.29 is 13.5 Å². The molecule has 0 radical (unpaired) electrons. The molecule has 0 N–H and O–H groups in total. The predicted molar refractivity (Wildman–Crippen MR) is 79.4 cm³/mol. The smallest absolute Gasteiger partial charge is 0.159 e. The molecule has 0 aromatic heterocycles. The van der Waals surface area contributed by atoms with Crippen LogP contribution >= 0.6 is 27.5 Å². The molecule has 1 nitrogen and oxygen atoms in total. The number of halogens is 4. The zero-order valence-corrected chi connectivity index (χ0v) is 13.0. The van der Waals surface area contributed by atoms with Gasteiger partial charge in [0, 0.05) is 0 Å². The summed E-state index contributed by atoms with van der Waals surface area (Å²) in [6.45, 7) is 0. The van der Waals surface area contributed by atoms with Crippen LogP contribution in [0.25, 0.3) is 0 Å². The fourth-order valence-corrected chi connectivity index (χ4v) is 2.74. The van der Waals surface area contributed by atoms with Crippen molar-refractivity contribution in [3.63, 3.8) is 0 Å². The summed E-state index contributed by atoms with van der Waals surface area (Å²) in [5.74, 6) is -1.00. The minimum Gasteiger partial charge on any atom is -0.496 e. The molecular weight excluding hydrogens is 350 g/mol. The van der Waals surface area contributed by atoms with Crippen LogP contribution < -0.4 is 4.74 Å². The first kappa shape index (κ1) is 15.3. The van der Waals surface area contributed by atoms with Gasteiger partial charge in [0.05, 0.1) is 17.0 Å². The van der Waals surface area contributed by atoms with Gasteiger partial charge in [-0.15, -0.1) is 11.6 Å². The van der Waals surface area contributed by atoms with E-state index in [-0.39, 0.29) is 5.38 Å². The average molecular weight is 362 g/mol. The third-order valence-electron chi connectivity index (χ3n) is 2.94. The number of rotatable bonds is 4. The molecule has 0 heterocycles. The predicted octanol–water partition coefficient (Wildman–Crippen LogP) is 5.26. The van der Waals surface area contributed by atoms with E-state index in [9.17, 15) is 8.78 Å². The van der Waals surface area contributed by atoms with Gasteiger partial charge in [-0.1, -0.05) is 12.1 Å². The molecule has 0 bridgehead atoms. The average Bonchev–Trinajstić information content (AvgIpc) is 2.42. The molecule has 20 heavy (non-hydrogen) atoms. The SMILES string of the molecule is COc1ccc(C(Cl)Cc2ccc(F)c(F)c2)cc1Br. The Morgan fingerprint density at radius 1 is 1.15 bits per heavy atom. The second-order valence-electron chi connectivity index (χ2n) is 4.31. The van der Waals surface area contributed by atoms with Gasteiger partial charge in [-0.2, -0.15) is 0 Å². The van der Waals surface area contributed by atoms with Crippen LogP contribution in [0.3, 0.4) is 0 Å². The van der Waals surface area contributed by atoms with Gasteiger partial charge in [-0.3, -0.25) is 0 Å². The van der Waals surface area contributed by atoms with Crippen LogP contribution in [0.4, 0.5) is 8.78 Å².